The molecule has 26 heavy (non-hydrogen) atoms. The van der Waals surface area contributed by atoms with Crippen LogP contribution >= 0.6 is 0 Å². The maximum atomic E-state index is 3.95. The van der Waals surface area contributed by atoms with Crippen molar-refractivity contribution in [1.82, 2.24) is 16.0 Å². The molecule has 0 atom stereocenters. The lowest BCUT2D eigenvalue weighted by Gasteiger charge is -2.00. The van der Waals surface area contributed by atoms with Crippen LogP contribution in [0.3, 0.4) is 0 Å². The minimum absolute atomic E-state index is 1.05. The van der Waals surface area contributed by atoms with Crippen molar-refractivity contribution in [2.75, 3.05) is 44.7 Å². The van der Waals surface area contributed by atoms with Gasteiger partial charge in [-0.1, -0.05) is 24.3 Å². The van der Waals surface area contributed by atoms with E-state index in [0.717, 1.165) is 5.69 Å². The second kappa shape index (κ2) is 14.5. The van der Waals surface area contributed by atoms with Gasteiger partial charge < -0.3 is 16.0 Å². The zero-order valence-electron chi connectivity index (χ0n) is 16.0. The SMILES string of the molecule is C1=Cc2ccccc2NN=C1.C1CCNC1.C1CCNC1.C1CCNC1. The molecule has 0 amide bonds. The molecular formula is C21H35N5. The molecule has 0 unspecified atom stereocenters. The fraction of sp³-hybridized carbons (Fsp3) is 0.571. The van der Waals surface area contributed by atoms with E-state index in [9.17, 15) is 0 Å². The number of anilines is 1. The summed E-state index contributed by atoms with van der Waals surface area (Å²) in [5, 5.41) is 13.6. The highest BCUT2D eigenvalue weighted by atomic mass is 15.3. The number of rotatable bonds is 0. The van der Waals surface area contributed by atoms with Crippen LogP contribution in [0, 0.1) is 0 Å². The summed E-state index contributed by atoms with van der Waals surface area (Å²) in [6.07, 6.45) is 14.0. The Morgan fingerprint density at radius 1 is 0.654 bits per heavy atom. The Kier molecular flexibility index (Phi) is 11.5. The molecule has 0 saturated carbocycles. The standard InChI is InChI=1S/C9H8N2.3C4H9N/c1-2-6-9-8(4-1)5-3-7-10-11-9;3*1-2-4-5-3-1/h1-7,11H;3*5H,1-4H2. The second-order valence-corrected chi connectivity index (χ2v) is 6.71. The van der Waals surface area contributed by atoms with Gasteiger partial charge in [-0.05, 0) is 95.5 Å². The average molecular weight is 358 g/mol. The Bertz CT molecular complexity index is 468. The molecule has 0 aromatic heterocycles. The van der Waals surface area contributed by atoms with E-state index in [1.165, 1.54) is 83.4 Å². The third kappa shape index (κ3) is 9.70. The van der Waals surface area contributed by atoms with Gasteiger partial charge in [0.15, 0.2) is 0 Å². The Balaban J connectivity index is 0.000000136. The number of para-hydroxylation sites is 1. The number of benzene rings is 1. The van der Waals surface area contributed by atoms with Gasteiger partial charge in [0, 0.05) is 6.21 Å². The van der Waals surface area contributed by atoms with E-state index in [2.05, 4.69) is 26.5 Å². The summed E-state index contributed by atoms with van der Waals surface area (Å²) >= 11 is 0. The van der Waals surface area contributed by atoms with E-state index in [1.54, 1.807) is 6.21 Å². The number of allylic oxidation sites excluding steroid dienone is 1. The minimum atomic E-state index is 1.05. The smallest absolute Gasteiger partial charge is 0.0634 e. The molecule has 0 bridgehead atoms. The molecule has 144 valence electrons. The first-order valence-electron chi connectivity index (χ1n) is 10.1. The monoisotopic (exact) mass is 357 g/mol. The van der Waals surface area contributed by atoms with Crippen LogP contribution in [0.5, 0.6) is 0 Å². The fourth-order valence-corrected chi connectivity index (χ4v) is 2.92. The third-order valence-corrected chi connectivity index (χ3v) is 4.45. The zero-order valence-corrected chi connectivity index (χ0v) is 16.0. The number of nitrogens with zero attached hydrogens (tertiary/aromatic N) is 1. The van der Waals surface area contributed by atoms with Crippen LogP contribution in [-0.2, 0) is 0 Å². The van der Waals surface area contributed by atoms with Crippen LogP contribution in [-0.4, -0.2) is 45.5 Å². The molecule has 4 aliphatic heterocycles. The lowest BCUT2D eigenvalue weighted by Crippen LogP contribution is -2.03. The van der Waals surface area contributed by atoms with E-state index in [4.69, 9.17) is 0 Å². The van der Waals surface area contributed by atoms with Gasteiger partial charge in [0.2, 0.25) is 0 Å². The molecule has 4 aliphatic rings. The molecule has 3 saturated heterocycles. The van der Waals surface area contributed by atoms with Crippen LogP contribution in [0.4, 0.5) is 5.69 Å². The van der Waals surface area contributed by atoms with Gasteiger partial charge in [0.25, 0.3) is 0 Å². The van der Waals surface area contributed by atoms with Gasteiger partial charge in [-0.2, -0.15) is 5.10 Å². The number of fused-ring (bicyclic) bond motifs is 1. The number of nitrogens with one attached hydrogen (secondary N) is 4. The van der Waals surface area contributed by atoms with Crippen molar-refractivity contribution in [2.45, 2.75) is 38.5 Å². The van der Waals surface area contributed by atoms with Gasteiger partial charge >= 0.3 is 0 Å². The topological polar surface area (TPSA) is 60.5 Å². The first-order valence-corrected chi connectivity index (χ1v) is 10.1. The summed E-state index contributed by atoms with van der Waals surface area (Å²) in [5.74, 6) is 0. The molecule has 1 aromatic carbocycles. The lowest BCUT2D eigenvalue weighted by atomic mass is 10.2. The first-order chi connectivity index (χ1) is 13.0. The molecule has 5 rings (SSSR count). The molecule has 4 N–H and O–H groups in total. The minimum Gasteiger partial charge on any atom is -0.317 e. The quantitative estimate of drug-likeness (QED) is 0.576. The number of hydrogen-bond donors (Lipinski definition) is 4. The van der Waals surface area contributed by atoms with Crippen LogP contribution in [0.1, 0.15) is 44.1 Å². The second-order valence-electron chi connectivity index (χ2n) is 6.71. The van der Waals surface area contributed by atoms with E-state index in [0.29, 0.717) is 0 Å². The average Bonchev–Trinajstić information content (AvgIpc) is 3.48. The third-order valence-electron chi connectivity index (χ3n) is 4.45. The molecule has 1 aromatic rings. The maximum Gasteiger partial charge on any atom is 0.0634 e. The molecule has 5 nitrogen and oxygen atoms in total. The van der Waals surface area contributed by atoms with E-state index in [-0.39, 0.29) is 0 Å². The highest BCUT2D eigenvalue weighted by Crippen LogP contribution is 2.17. The summed E-state index contributed by atoms with van der Waals surface area (Å²) in [5.41, 5.74) is 5.16. The van der Waals surface area contributed by atoms with Crippen LogP contribution in [0.2, 0.25) is 0 Å². The summed E-state index contributed by atoms with van der Waals surface area (Å²) in [6, 6.07) is 8.05. The highest BCUT2D eigenvalue weighted by Gasteiger charge is 1.96. The van der Waals surface area contributed by atoms with Crippen molar-refractivity contribution in [3.63, 3.8) is 0 Å². The Morgan fingerprint density at radius 2 is 1.15 bits per heavy atom. The van der Waals surface area contributed by atoms with Gasteiger partial charge in [0.05, 0.1) is 5.69 Å². The lowest BCUT2D eigenvalue weighted by molar-refractivity contribution is 0.857. The molecule has 0 radical (unpaired) electrons. The van der Waals surface area contributed by atoms with Crippen LogP contribution < -0.4 is 21.4 Å². The molecule has 0 spiro atoms. The van der Waals surface area contributed by atoms with Gasteiger partial charge in [-0.25, -0.2) is 0 Å². The molecule has 4 heterocycles. The largest absolute Gasteiger partial charge is 0.317 e. The Labute approximate surface area is 158 Å². The predicted molar refractivity (Wildman–Crippen MR) is 114 cm³/mol. The molecule has 0 aliphatic carbocycles. The van der Waals surface area contributed by atoms with Crippen molar-refractivity contribution in [3.8, 4) is 0 Å². The normalized spacial score (nSPS) is 19.5. The predicted octanol–water partition coefficient (Wildman–Crippen LogP) is 3.22. The van der Waals surface area contributed by atoms with Crippen molar-refractivity contribution >= 4 is 18.0 Å². The first kappa shape index (κ1) is 20.6. The van der Waals surface area contributed by atoms with Crippen molar-refractivity contribution in [2.24, 2.45) is 5.10 Å². The molecule has 3 fully saturated rings. The zero-order chi connectivity index (χ0) is 18.1. The molecular weight excluding hydrogens is 322 g/mol. The highest BCUT2D eigenvalue weighted by molar-refractivity contribution is 5.83. The van der Waals surface area contributed by atoms with E-state index < -0.39 is 0 Å². The maximum absolute atomic E-state index is 3.95. The van der Waals surface area contributed by atoms with Crippen molar-refractivity contribution < 1.29 is 0 Å². The van der Waals surface area contributed by atoms with Crippen molar-refractivity contribution in [3.05, 3.63) is 35.9 Å². The molecule has 5 heteroatoms. The van der Waals surface area contributed by atoms with E-state index >= 15 is 0 Å². The summed E-state index contributed by atoms with van der Waals surface area (Å²) < 4.78 is 0. The van der Waals surface area contributed by atoms with Crippen LogP contribution in [0.15, 0.2) is 35.4 Å². The van der Waals surface area contributed by atoms with Gasteiger partial charge in [0.1, 0.15) is 0 Å². The fourth-order valence-electron chi connectivity index (χ4n) is 2.92. The Hall–Kier alpha value is -1.69. The van der Waals surface area contributed by atoms with Crippen LogP contribution in [0.25, 0.3) is 6.08 Å². The summed E-state index contributed by atoms with van der Waals surface area (Å²) in [7, 11) is 0. The van der Waals surface area contributed by atoms with Crippen molar-refractivity contribution in [1.29, 1.82) is 0 Å². The Morgan fingerprint density at radius 3 is 1.62 bits per heavy atom. The van der Waals surface area contributed by atoms with Gasteiger partial charge in [-0.3, -0.25) is 5.43 Å². The van der Waals surface area contributed by atoms with Gasteiger partial charge in [-0.15, -0.1) is 0 Å². The number of hydrazone groups is 1. The van der Waals surface area contributed by atoms with E-state index in [1.807, 2.05) is 36.4 Å². The number of hydrogen-bond acceptors (Lipinski definition) is 5. The summed E-state index contributed by atoms with van der Waals surface area (Å²) in [4.78, 5) is 0. The summed E-state index contributed by atoms with van der Waals surface area (Å²) in [6.45, 7) is 7.50.